The van der Waals surface area contributed by atoms with E-state index >= 15 is 4.39 Å². The molecule has 0 fully saturated rings. The Morgan fingerprint density at radius 3 is 2.08 bits per heavy atom. The quantitative estimate of drug-likeness (QED) is 0.472. The van der Waals surface area contributed by atoms with Crippen molar-refractivity contribution >= 4 is 17.5 Å². The standard InChI is InChI=1S/C19H18FNO4/c1-13(21)16(22)19(20,15-10-6-3-7-11-15)17(23)18(24)25-12-14-8-4-2-5-9-14/h2-11,13H,12,21H2,1H3/t13-,19?/m0/s1. The van der Waals surface area contributed by atoms with Gasteiger partial charge < -0.3 is 10.5 Å². The molecule has 0 saturated carbocycles. The first-order valence-corrected chi connectivity index (χ1v) is 7.67. The predicted octanol–water partition coefficient (Wildman–Crippen LogP) is 2.08. The van der Waals surface area contributed by atoms with Crippen LogP contribution in [0, 0.1) is 0 Å². The number of nitrogens with two attached hydrogens (primary N) is 1. The highest BCUT2D eigenvalue weighted by atomic mass is 19.1. The second-order valence-corrected chi connectivity index (χ2v) is 5.57. The third-order valence-corrected chi connectivity index (χ3v) is 3.64. The first-order chi connectivity index (χ1) is 11.9. The molecule has 0 aromatic heterocycles. The number of rotatable bonds is 7. The molecular formula is C19H18FNO4. The fraction of sp³-hybridized carbons (Fsp3) is 0.211. The minimum Gasteiger partial charge on any atom is -0.455 e. The number of hydrogen-bond donors (Lipinski definition) is 1. The number of halogens is 1. The van der Waals surface area contributed by atoms with Crippen molar-refractivity contribution in [3.63, 3.8) is 0 Å². The minimum atomic E-state index is -3.18. The van der Waals surface area contributed by atoms with Crippen LogP contribution in [0.25, 0.3) is 0 Å². The smallest absolute Gasteiger partial charge is 0.379 e. The molecule has 2 aromatic rings. The lowest BCUT2D eigenvalue weighted by molar-refractivity contribution is -0.163. The molecule has 2 rings (SSSR count). The first kappa shape index (κ1) is 18.5. The van der Waals surface area contributed by atoms with E-state index in [0.717, 1.165) is 0 Å². The van der Waals surface area contributed by atoms with Gasteiger partial charge in [0, 0.05) is 5.56 Å². The number of alkyl halides is 1. The summed E-state index contributed by atoms with van der Waals surface area (Å²) < 4.78 is 20.3. The van der Waals surface area contributed by atoms with Gasteiger partial charge in [-0.05, 0) is 12.5 Å². The van der Waals surface area contributed by atoms with Crippen molar-refractivity contribution in [3.05, 3.63) is 71.8 Å². The topological polar surface area (TPSA) is 86.5 Å². The van der Waals surface area contributed by atoms with Gasteiger partial charge in [0.15, 0.2) is 5.78 Å². The van der Waals surface area contributed by atoms with Crippen LogP contribution in [-0.2, 0) is 31.4 Å². The molecule has 2 aromatic carbocycles. The van der Waals surface area contributed by atoms with Crippen molar-refractivity contribution in [1.29, 1.82) is 0 Å². The summed E-state index contributed by atoms with van der Waals surface area (Å²) in [5.74, 6) is -4.21. The van der Waals surface area contributed by atoms with Gasteiger partial charge in [-0.25, -0.2) is 9.18 Å². The fourth-order valence-electron chi connectivity index (χ4n) is 2.30. The highest BCUT2D eigenvalue weighted by Gasteiger charge is 2.52. The van der Waals surface area contributed by atoms with Crippen LogP contribution in [0.1, 0.15) is 18.1 Å². The average molecular weight is 343 g/mol. The molecule has 0 spiro atoms. The van der Waals surface area contributed by atoms with Gasteiger partial charge in [-0.2, -0.15) is 0 Å². The maximum Gasteiger partial charge on any atom is 0.379 e. The van der Waals surface area contributed by atoms with Crippen molar-refractivity contribution in [2.24, 2.45) is 5.73 Å². The minimum absolute atomic E-state index is 0.206. The van der Waals surface area contributed by atoms with Crippen LogP contribution in [0.3, 0.4) is 0 Å². The summed E-state index contributed by atoms with van der Waals surface area (Å²) in [6, 6.07) is 14.4. The van der Waals surface area contributed by atoms with E-state index in [4.69, 9.17) is 10.5 Å². The Balaban J connectivity index is 2.26. The summed E-state index contributed by atoms with van der Waals surface area (Å²) in [6.45, 7) is 1.05. The molecule has 0 heterocycles. The second-order valence-electron chi connectivity index (χ2n) is 5.57. The van der Waals surface area contributed by atoms with Gasteiger partial charge in [-0.1, -0.05) is 60.7 Å². The number of carbonyl (C=O) groups excluding carboxylic acids is 3. The van der Waals surface area contributed by atoms with E-state index in [2.05, 4.69) is 0 Å². The molecule has 0 saturated heterocycles. The van der Waals surface area contributed by atoms with Gasteiger partial charge in [-0.15, -0.1) is 0 Å². The highest BCUT2D eigenvalue weighted by molar-refractivity contribution is 6.42. The van der Waals surface area contributed by atoms with Crippen molar-refractivity contribution in [3.8, 4) is 0 Å². The maximum atomic E-state index is 15.5. The highest BCUT2D eigenvalue weighted by Crippen LogP contribution is 2.30. The van der Waals surface area contributed by atoms with E-state index in [1.807, 2.05) is 0 Å². The largest absolute Gasteiger partial charge is 0.455 e. The molecule has 130 valence electrons. The zero-order valence-corrected chi connectivity index (χ0v) is 13.6. The number of esters is 1. The third-order valence-electron chi connectivity index (χ3n) is 3.64. The number of carbonyl (C=O) groups is 3. The fourth-order valence-corrected chi connectivity index (χ4v) is 2.30. The zero-order valence-electron chi connectivity index (χ0n) is 13.6. The summed E-state index contributed by atoms with van der Waals surface area (Å²) >= 11 is 0. The first-order valence-electron chi connectivity index (χ1n) is 7.67. The Labute approximate surface area is 144 Å². The van der Waals surface area contributed by atoms with Gasteiger partial charge in [0.05, 0.1) is 6.04 Å². The van der Waals surface area contributed by atoms with Crippen LogP contribution in [0.5, 0.6) is 0 Å². The Kier molecular flexibility index (Phi) is 5.77. The molecule has 0 aliphatic heterocycles. The van der Waals surface area contributed by atoms with Gasteiger partial charge in [0.25, 0.3) is 11.5 Å². The van der Waals surface area contributed by atoms with Crippen molar-refractivity contribution in [2.75, 3.05) is 0 Å². The molecule has 0 amide bonds. The summed E-state index contributed by atoms with van der Waals surface area (Å²) in [6.07, 6.45) is 0. The van der Waals surface area contributed by atoms with Crippen LogP contribution in [-0.4, -0.2) is 23.6 Å². The summed E-state index contributed by atoms with van der Waals surface area (Å²) in [7, 11) is 0. The van der Waals surface area contributed by atoms with Crippen LogP contribution >= 0.6 is 0 Å². The van der Waals surface area contributed by atoms with Gasteiger partial charge in [0.1, 0.15) is 6.61 Å². The summed E-state index contributed by atoms with van der Waals surface area (Å²) in [5.41, 5.74) is 2.67. The van der Waals surface area contributed by atoms with Gasteiger partial charge in [0.2, 0.25) is 0 Å². The normalized spacial score (nSPS) is 14.2. The van der Waals surface area contributed by atoms with Crippen LogP contribution in [0.2, 0.25) is 0 Å². The molecule has 0 aliphatic rings. The average Bonchev–Trinajstić information content (AvgIpc) is 2.65. The van der Waals surface area contributed by atoms with Crippen LogP contribution < -0.4 is 5.73 Å². The Morgan fingerprint density at radius 2 is 1.56 bits per heavy atom. The molecule has 5 nitrogen and oxygen atoms in total. The number of benzene rings is 2. The lowest BCUT2D eigenvalue weighted by Crippen LogP contribution is -2.50. The Hall–Kier alpha value is -2.86. The van der Waals surface area contributed by atoms with E-state index < -0.39 is 29.2 Å². The number of Topliss-reactive ketones (excluding diaryl/α,β-unsaturated/α-hetero) is 2. The zero-order chi connectivity index (χ0) is 18.4. The van der Waals surface area contributed by atoms with Crippen LogP contribution in [0.4, 0.5) is 4.39 Å². The van der Waals surface area contributed by atoms with Crippen molar-refractivity contribution in [2.45, 2.75) is 25.2 Å². The number of ether oxygens (including phenoxy) is 1. The molecule has 2 N–H and O–H groups in total. The third kappa shape index (κ3) is 3.97. The van der Waals surface area contributed by atoms with Crippen molar-refractivity contribution in [1.82, 2.24) is 0 Å². The molecule has 1 unspecified atom stereocenters. The number of hydrogen-bond acceptors (Lipinski definition) is 5. The molecule has 6 heteroatoms. The molecular weight excluding hydrogens is 325 g/mol. The Bertz CT molecular complexity index is 762. The molecule has 0 bridgehead atoms. The van der Waals surface area contributed by atoms with Gasteiger partial charge in [-0.3, -0.25) is 9.59 Å². The molecule has 0 radical (unpaired) electrons. The van der Waals surface area contributed by atoms with E-state index in [9.17, 15) is 14.4 Å². The lowest BCUT2D eigenvalue weighted by Gasteiger charge is -2.23. The van der Waals surface area contributed by atoms with E-state index in [1.54, 1.807) is 36.4 Å². The van der Waals surface area contributed by atoms with Gasteiger partial charge >= 0.3 is 5.97 Å². The second kappa shape index (κ2) is 7.81. The van der Waals surface area contributed by atoms with E-state index in [1.165, 1.54) is 31.2 Å². The summed E-state index contributed by atoms with van der Waals surface area (Å²) in [4.78, 5) is 36.7. The SMILES string of the molecule is C[C@H](N)C(=O)C(F)(C(=O)C(=O)OCc1ccccc1)c1ccccc1. The van der Waals surface area contributed by atoms with E-state index in [-0.39, 0.29) is 12.2 Å². The molecule has 0 aliphatic carbocycles. The Morgan fingerprint density at radius 1 is 1.04 bits per heavy atom. The molecule has 25 heavy (non-hydrogen) atoms. The monoisotopic (exact) mass is 343 g/mol. The lowest BCUT2D eigenvalue weighted by atomic mass is 9.84. The van der Waals surface area contributed by atoms with Crippen LogP contribution in [0.15, 0.2) is 60.7 Å². The maximum absolute atomic E-state index is 15.5. The number of ketones is 2. The van der Waals surface area contributed by atoms with E-state index in [0.29, 0.717) is 5.56 Å². The predicted molar refractivity (Wildman–Crippen MR) is 89.1 cm³/mol. The summed E-state index contributed by atoms with van der Waals surface area (Å²) in [5, 5.41) is 0. The van der Waals surface area contributed by atoms with Crippen molar-refractivity contribution < 1.29 is 23.5 Å². The molecule has 2 atom stereocenters.